The van der Waals surface area contributed by atoms with E-state index in [1.807, 2.05) is 0 Å². The van der Waals surface area contributed by atoms with E-state index in [0.29, 0.717) is 32.7 Å². The third-order valence-electron chi connectivity index (χ3n) is 2.46. The highest BCUT2D eigenvalue weighted by molar-refractivity contribution is 7.91. The molecule has 0 bridgehead atoms. The van der Waals surface area contributed by atoms with Crippen molar-refractivity contribution in [1.29, 1.82) is 0 Å². The Balaban J connectivity index is 3.36. The highest BCUT2D eigenvalue weighted by Gasteiger charge is 2.09. The molecule has 0 aromatic carbocycles. The molecule has 0 aliphatic rings. The Kier molecular flexibility index (Phi) is 11.8. The number of ether oxygens (including phenoxy) is 2. The molecule has 0 aromatic rings. The number of sulfone groups is 1. The zero-order chi connectivity index (χ0) is 13.7. The number of hydrogen-bond donors (Lipinski definition) is 1. The summed E-state index contributed by atoms with van der Waals surface area (Å²) in [4.78, 5) is 0. The summed E-state index contributed by atoms with van der Waals surface area (Å²) < 4.78 is 33.3. The van der Waals surface area contributed by atoms with Crippen LogP contribution >= 0.6 is 0 Å². The second-order valence-corrected chi connectivity index (χ2v) is 6.52. The Labute approximate surface area is 111 Å². The lowest BCUT2D eigenvalue weighted by atomic mass is 10.4. The first kappa shape index (κ1) is 17.8. The van der Waals surface area contributed by atoms with E-state index in [1.54, 1.807) is 7.11 Å². The van der Waals surface area contributed by atoms with Crippen LogP contribution in [0, 0.1) is 0 Å². The molecule has 110 valence electrons. The van der Waals surface area contributed by atoms with Crippen LogP contribution in [0.1, 0.15) is 26.2 Å². The van der Waals surface area contributed by atoms with Gasteiger partial charge in [0.1, 0.15) is 0 Å². The van der Waals surface area contributed by atoms with Crippen LogP contribution in [0.4, 0.5) is 0 Å². The SMILES string of the molecule is CCCCOCCNCCS(=O)(=O)CCCOC. The Morgan fingerprint density at radius 3 is 2.44 bits per heavy atom. The van der Waals surface area contributed by atoms with Gasteiger partial charge in [0.25, 0.3) is 0 Å². The van der Waals surface area contributed by atoms with Gasteiger partial charge in [0.2, 0.25) is 0 Å². The molecule has 6 heteroatoms. The standard InChI is InChI=1S/C12H27NO4S/c1-3-4-9-17-10-6-13-7-12-18(14,15)11-5-8-16-2/h13H,3-12H2,1-2H3. The molecule has 1 N–H and O–H groups in total. The molecule has 0 atom stereocenters. The molecule has 0 rings (SSSR count). The number of nitrogens with one attached hydrogen (secondary N) is 1. The second kappa shape index (κ2) is 11.9. The molecule has 18 heavy (non-hydrogen) atoms. The van der Waals surface area contributed by atoms with Crippen LogP contribution in [0.2, 0.25) is 0 Å². The minimum atomic E-state index is -2.94. The summed E-state index contributed by atoms with van der Waals surface area (Å²) in [5.41, 5.74) is 0. The predicted octanol–water partition coefficient (Wildman–Crippen LogP) is 0.844. The van der Waals surface area contributed by atoms with Crippen molar-refractivity contribution in [2.45, 2.75) is 26.2 Å². The fraction of sp³-hybridized carbons (Fsp3) is 1.00. The molecular formula is C12H27NO4S. The lowest BCUT2D eigenvalue weighted by Gasteiger charge is -2.06. The van der Waals surface area contributed by atoms with Gasteiger partial charge < -0.3 is 14.8 Å². The van der Waals surface area contributed by atoms with Crippen LogP contribution in [0.5, 0.6) is 0 Å². The average molecular weight is 281 g/mol. The van der Waals surface area contributed by atoms with Gasteiger partial charge in [0.05, 0.1) is 18.1 Å². The molecule has 0 saturated carbocycles. The van der Waals surface area contributed by atoms with Gasteiger partial charge in [0, 0.05) is 33.4 Å². The van der Waals surface area contributed by atoms with Crippen LogP contribution in [0.3, 0.4) is 0 Å². The van der Waals surface area contributed by atoms with E-state index in [-0.39, 0.29) is 11.5 Å². The normalized spacial score (nSPS) is 11.9. The van der Waals surface area contributed by atoms with Crippen molar-refractivity contribution in [3.8, 4) is 0 Å². The van der Waals surface area contributed by atoms with E-state index in [9.17, 15) is 8.42 Å². The fourth-order valence-electron chi connectivity index (χ4n) is 1.37. The van der Waals surface area contributed by atoms with Crippen LogP contribution < -0.4 is 5.32 Å². The lowest BCUT2D eigenvalue weighted by molar-refractivity contribution is 0.133. The molecule has 0 unspecified atom stereocenters. The third-order valence-corrected chi connectivity index (χ3v) is 4.20. The van der Waals surface area contributed by atoms with Crippen molar-refractivity contribution in [1.82, 2.24) is 5.32 Å². The van der Waals surface area contributed by atoms with Gasteiger partial charge >= 0.3 is 0 Å². The summed E-state index contributed by atoms with van der Waals surface area (Å²) in [6, 6.07) is 0. The number of hydrogen-bond acceptors (Lipinski definition) is 5. The topological polar surface area (TPSA) is 64.6 Å². The minimum absolute atomic E-state index is 0.186. The zero-order valence-corrected chi connectivity index (χ0v) is 12.4. The quantitative estimate of drug-likeness (QED) is 0.507. The van der Waals surface area contributed by atoms with Gasteiger partial charge in [-0.05, 0) is 12.8 Å². The van der Waals surface area contributed by atoms with E-state index >= 15 is 0 Å². The summed E-state index contributed by atoms with van der Waals surface area (Å²) in [6.45, 7) is 5.24. The minimum Gasteiger partial charge on any atom is -0.385 e. The molecule has 0 amide bonds. The molecular weight excluding hydrogens is 254 g/mol. The maximum Gasteiger partial charge on any atom is 0.151 e. The largest absolute Gasteiger partial charge is 0.385 e. The molecule has 0 heterocycles. The van der Waals surface area contributed by atoms with Crippen LogP contribution in [0.15, 0.2) is 0 Å². The fourth-order valence-corrected chi connectivity index (χ4v) is 2.59. The zero-order valence-electron chi connectivity index (χ0n) is 11.6. The molecule has 0 fully saturated rings. The highest BCUT2D eigenvalue weighted by Crippen LogP contribution is 1.93. The monoisotopic (exact) mass is 281 g/mol. The van der Waals surface area contributed by atoms with Gasteiger partial charge in [0.15, 0.2) is 9.84 Å². The van der Waals surface area contributed by atoms with Gasteiger partial charge in [-0.3, -0.25) is 0 Å². The first-order valence-corrected chi connectivity index (χ1v) is 8.42. The Morgan fingerprint density at radius 2 is 1.78 bits per heavy atom. The Hall–Kier alpha value is -0.170. The molecule has 5 nitrogen and oxygen atoms in total. The molecule has 0 aliphatic heterocycles. The van der Waals surface area contributed by atoms with E-state index in [4.69, 9.17) is 9.47 Å². The Morgan fingerprint density at radius 1 is 1.00 bits per heavy atom. The summed E-state index contributed by atoms with van der Waals surface area (Å²) in [5.74, 6) is 0.390. The Bertz CT molecular complexity index is 267. The van der Waals surface area contributed by atoms with Gasteiger partial charge in [-0.25, -0.2) is 8.42 Å². The van der Waals surface area contributed by atoms with Crippen molar-refractivity contribution in [3.63, 3.8) is 0 Å². The van der Waals surface area contributed by atoms with Crippen molar-refractivity contribution in [2.75, 3.05) is 51.5 Å². The summed E-state index contributed by atoms with van der Waals surface area (Å²) in [6.07, 6.45) is 2.78. The third kappa shape index (κ3) is 12.3. The van der Waals surface area contributed by atoms with E-state index in [0.717, 1.165) is 19.4 Å². The second-order valence-electron chi connectivity index (χ2n) is 4.21. The maximum absolute atomic E-state index is 11.6. The smallest absolute Gasteiger partial charge is 0.151 e. The number of unbranched alkanes of at least 4 members (excludes halogenated alkanes) is 1. The van der Waals surface area contributed by atoms with Crippen molar-refractivity contribution in [3.05, 3.63) is 0 Å². The molecule has 0 spiro atoms. The predicted molar refractivity (Wildman–Crippen MR) is 73.7 cm³/mol. The molecule has 0 saturated heterocycles. The van der Waals surface area contributed by atoms with Crippen molar-refractivity contribution in [2.24, 2.45) is 0 Å². The van der Waals surface area contributed by atoms with Crippen molar-refractivity contribution >= 4 is 9.84 Å². The van der Waals surface area contributed by atoms with Gasteiger partial charge in [-0.2, -0.15) is 0 Å². The highest BCUT2D eigenvalue weighted by atomic mass is 32.2. The number of rotatable bonds is 13. The van der Waals surface area contributed by atoms with Crippen LogP contribution in [-0.4, -0.2) is 59.9 Å². The van der Waals surface area contributed by atoms with Crippen LogP contribution in [-0.2, 0) is 19.3 Å². The average Bonchev–Trinajstić information content (AvgIpc) is 2.33. The van der Waals surface area contributed by atoms with Crippen molar-refractivity contribution < 1.29 is 17.9 Å². The van der Waals surface area contributed by atoms with Gasteiger partial charge in [-0.15, -0.1) is 0 Å². The maximum atomic E-state index is 11.6. The van der Waals surface area contributed by atoms with E-state index < -0.39 is 9.84 Å². The summed E-state index contributed by atoms with van der Waals surface area (Å²) >= 11 is 0. The number of methoxy groups -OCH3 is 1. The first-order valence-electron chi connectivity index (χ1n) is 6.60. The van der Waals surface area contributed by atoms with Gasteiger partial charge in [-0.1, -0.05) is 13.3 Å². The lowest BCUT2D eigenvalue weighted by Crippen LogP contribution is -2.27. The van der Waals surface area contributed by atoms with E-state index in [2.05, 4.69) is 12.2 Å². The molecule has 0 radical (unpaired) electrons. The molecule has 0 aliphatic carbocycles. The molecule has 0 aromatic heterocycles. The van der Waals surface area contributed by atoms with E-state index in [1.165, 1.54) is 0 Å². The summed E-state index contributed by atoms with van der Waals surface area (Å²) in [7, 11) is -1.36. The van der Waals surface area contributed by atoms with Crippen LogP contribution in [0.25, 0.3) is 0 Å². The summed E-state index contributed by atoms with van der Waals surface area (Å²) in [5, 5.41) is 3.07. The first-order chi connectivity index (χ1) is 8.62.